The SMILES string of the molecule is CCC1=NC(=CN2CCSSCC2)C(C)=N1. The summed E-state index contributed by atoms with van der Waals surface area (Å²) in [4.78, 5) is 11.3. The van der Waals surface area contributed by atoms with E-state index in [-0.39, 0.29) is 0 Å². The lowest BCUT2D eigenvalue weighted by Crippen LogP contribution is -2.22. The minimum atomic E-state index is 0.917. The predicted octanol–water partition coefficient (Wildman–Crippen LogP) is 2.81. The van der Waals surface area contributed by atoms with Crippen molar-refractivity contribution < 1.29 is 0 Å². The molecule has 0 atom stereocenters. The number of nitrogens with zero attached hydrogens (tertiary/aromatic N) is 3. The van der Waals surface area contributed by atoms with Crippen molar-refractivity contribution >= 4 is 33.1 Å². The molecule has 5 heteroatoms. The van der Waals surface area contributed by atoms with Gasteiger partial charge >= 0.3 is 0 Å². The van der Waals surface area contributed by atoms with E-state index in [2.05, 4.69) is 28.0 Å². The van der Waals surface area contributed by atoms with Crippen molar-refractivity contribution in [2.75, 3.05) is 24.6 Å². The Morgan fingerprint density at radius 2 is 1.94 bits per heavy atom. The van der Waals surface area contributed by atoms with Crippen molar-refractivity contribution in [1.29, 1.82) is 0 Å². The molecule has 0 aliphatic carbocycles. The average Bonchev–Trinajstić information content (AvgIpc) is 2.51. The zero-order chi connectivity index (χ0) is 11.4. The summed E-state index contributed by atoms with van der Waals surface area (Å²) in [7, 11) is 3.93. The Labute approximate surface area is 105 Å². The van der Waals surface area contributed by atoms with Gasteiger partial charge in [-0.15, -0.1) is 0 Å². The molecule has 0 aromatic rings. The van der Waals surface area contributed by atoms with Gasteiger partial charge in [-0.1, -0.05) is 28.5 Å². The Balaban J connectivity index is 2.06. The van der Waals surface area contributed by atoms with Gasteiger partial charge in [0, 0.05) is 37.2 Å². The summed E-state index contributed by atoms with van der Waals surface area (Å²) in [5.74, 6) is 3.34. The molecule has 88 valence electrons. The zero-order valence-corrected chi connectivity index (χ0v) is 11.4. The number of amidine groups is 1. The Kier molecular flexibility index (Phi) is 4.35. The van der Waals surface area contributed by atoms with Gasteiger partial charge in [-0.3, -0.25) is 0 Å². The van der Waals surface area contributed by atoms with Crippen LogP contribution < -0.4 is 0 Å². The fourth-order valence-electron chi connectivity index (χ4n) is 1.62. The van der Waals surface area contributed by atoms with E-state index in [1.165, 1.54) is 11.5 Å². The van der Waals surface area contributed by atoms with Gasteiger partial charge in [0.2, 0.25) is 0 Å². The van der Waals surface area contributed by atoms with Crippen LogP contribution in [0.15, 0.2) is 21.9 Å². The Morgan fingerprint density at radius 3 is 2.50 bits per heavy atom. The minimum Gasteiger partial charge on any atom is -0.374 e. The van der Waals surface area contributed by atoms with E-state index in [0.29, 0.717) is 0 Å². The highest BCUT2D eigenvalue weighted by molar-refractivity contribution is 8.76. The molecule has 0 aromatic heterocycles. The van der Waals surface area contributed by atoms with E-state index in [4.69, 9.17) is 0 Å². The second-order valence-electron chi connectivity index (χ2n) is 3.77. The largest absolute Gasteiger partial charge is 0.374 e. The highest BCUT2D eigenvalue weighted by Gasteiger charge is 2.13. The van der Waals surface area contributed by atoms with Gasteiger partial charge in [0.05, 0.1) is 5.71 Å². The summed E-state index contributed by atoms with van der Waals surface area (Å²) in [5.41, 5.74) is 2.11. The van der Waals surface area contributed by atoms with Gasteiger partial charge in [-0.2, -0.15) is 0 Å². The molecular weight excluding hydrogens is 238 g/mol. The Hall–Kier alpha value is -0.420. The fourth-order valence-corrected chi connectivity index (χ4v) is 3.63. The number of hydrogen-bond donors (Lipinski definition) is 0. The molecule has 2 aliphatic rings. The van der Waals surface area contributed by atoms with Gasteiger partial charge in [-0.05, 0) is 6.92 Å². The van der Waals surface area contributed by atoms with Crippen LogP contribution in [0.3, 0.4) is 0 Å². The van der Waals surface area contributed by atoms with Crippen molar-refractivity contribution in [2.24, 2.45) is 9.98 Å². The number of hydrogen-bond acceptors (Lipinski definition) is 5. The van der Waals surface area contributed by atoms with E-state index in [0.717, 1.165) is 36.8 Å². The first-order valence-corrected chi connectivity index (χ1v) is 8.12. The fraction of sp³-hybridized carbons (Fsp3) is 0.636. The first-order chi connectivity index (χ1) is 7.79. The lowest BCUT2D eigenvalue weighted by atomic mass is 10.3. The summed E-state index contributed by atoms with van der Waals surface area (Å²) in [6.07, 6.45) is 3.09. The highest BCUT2D eigenvalue weighted by Crippen LogP contribution is 2.24. The molecule has 1 saturated heterocycles. The Bertz CT molecular complexity index is 339. The van der Waals surface area contributed by atoms with E-state index in [1.807, 2.05) is 28.5 Å². The average molecular weight is 255 g/mol. The maximum absolute atomic E-state index is 4.53. The van der Waals surface area contributed by atoms with Crippen LogP contribution in [-0.4, -0.2) is 41.0 Å². The van der Waals surface area contributed by atoms with Crippen LogP contribution >= 0.6 is 21.6 Å². The maximum Gasteiger partial charge on any atom is 0.129 e. The lowest BCUT2D eigenvalue weighted by Gasteiger charge is -2.16. The smallest absolute Gasteiger partial charge is 0.129 e. The van der Waals surface area contributed by atoms with Crippen LogP contribution in [-0.2, 0) is 0 Å². The Morgan fingerprint density at radius 1 is 1.25 bits per heavy atom. The van der Waals surface area contributed by atoms with Crippen LogP contribution in [0.2, 0.25) is 0 Å². The molecule has 2 heterocycles. The number of allylic oxidation sites excluding steroid dienone is 1. The number of aliphatic imine (C=N–C) groups is 2. The molecule has 0 saturated carbocycles. The van der Waals surface area contributed by atoms with Crippen molar-refractivity contribution in [3.63, 3.8) is 0 Å². The molecule has 0 N–H and O–H groups in total. The summed E-state index contributed by atoms with van der Waals surface area (Å²) in [5, 5.41) is 0. The van der Waals surface area contributed by atoms with Crippen LogP contribution in [0.25, 0.3) is 0 Å². The van der Waals surface area contributed by atoms with Crippen LogP contribution in [0, 0.1) is 0 Å². The van der Waals surface area contributed by atoms with Gasteiger partial charge in [0.1, 0.15) is 11.5 Å². The molecule has 16 heavy (non-hydrogen) atoms. The van der Waals surface area contributed by atoms with Crippen molar-refractivity contribution in [3.8, 4) is 0 Å². The summed E-state index contributed by atoms with van der Waals surface area (Å²) >= 11 is 0. The van der Waals surface area contributed by atoms with E-state index in [9.17, 15) is 0 Å². The molecule has 0 bridgehead atoms. The monoisotopic (exact) mass is 255 g/mol. The molecule has 1 fully saturated rings. The second kappa shape index (κ2) is 5.77. The normalized spacial score (nSPS) is 24.4. The van der Waals surface area contributed by atoms with Crippen LogP contribution in [0.1, 0.15) is 20.3 Å². The molecule has 0 spiro atoms. The molecule has 0 unspecified atom stereocenters. The standard InChI is InChI=1S/C11H17N3S2/c1-3-11-12-9(2)10(13-11)8-14-4-6-15-16-7-5-14/h8H,3-7H2,1-2H3. The van der Waals surface area contributed by atoms with Gasteiger partial charge < -0.3 is 4.90 Å². The lowest BCUT2D eigenvalue weighted by molar-refractivity contribution is 0.425. The number of rotatable bonds is 2. The van der Waals surface area contributed by atoms with Crippen molar-refractivity contribution in [3.05, 3.63) is 11.9 Å². The van der Waals surface area contributed by atoms with E-state index >= 15 is 0 Å². The summed E-state index contributed by atoms with van der Waals surface area (Å²) in [6.45, 7) is 6.37. The zero-order valence-electron chi connectivity index (χ0n) is 9.77. The molecule has 2 rings (SSSR count). The summed E-state index contributed by atoms with van der Waals surface area (Å²) in [6, 6.07) is 0. The molecule has 3 nitrogen and oxygen atoms in total. The molecule has 0 radical (unpaired) electrons. The maximum atomic E-state index is 4.53. The third-order valence-electron chi connectivity index (χ3n) is 2.55. The van der Waals surface area contributed by atoms with Crippen LogP contribution in [0.4, 0.5) is 0 Å². The van der Waals surface area contributed by atoms with Crippen LogP contribution in [0.5, 0.6) is 0 Å². The topological polar surface area (TPSA) is 28.0 Å². The molecule has 0 amide bonds. The summed E-state index contributed by atoms with van der Waals surface area (Å²) < 4.78 is 0. The van der Waals surface area contributed by atoms with Gasteiger partial charge in [0.15, 0.2) is 0 Å². The minimum absolute atomic E-state index is 0.917. The highest BCUT2D eigenvalue weighted by atomic mass is 33.1. The molecule has 0 aromatic carbocycles. The first kappa shape index (κ1) is 12.0. The van der Waals surface area contributed by atoms with E-state index < -0.39 is 0 Å². The van der Waals surface area contributed by atoms with Crippen molar-refractivity contribution in [1.82, 2.24) is 4.90 Å². The third-order valence-corrected chi connectivity index (χ3v) is 4.91. The quantitative estimate of drug-likeness (QED) is 0.710. The van der Waals surface area contributed by atoms with Gasteiger partial charge in [0.25, 0.3) is 0 Å². The second-order valence-corrected chi connectivity index (χ2v) is 6.48. The van der Waals surface area contributed by atoms with Crippen molar-refractivity contribution in [2.45, 2.75) is 20.3 Å². The van der Waals surface area contributed by atoms with Gasteiger partial charge in [-0.25, -0.2) is 9.98 Å². The first-order valence-electron chi connectivity index (χ1n) is 5.63. The molecule has 2 aliphatic heterocycles. The third kappa shape index (κ3) is 3.04. The molecular formula is C11H17N3S2. The predicted molar refractivity (Wildman–Crippen MR) is 75.4 cm³/mol. The van der Waals surface area contributed by atoms with E-state index in [1.54, 1.807) is 0 Å².